The number of likely N-dealkylation sites (tertiary alicyclic amines) is 1. The summed E-state index contributed by atoms with van der Waals surface area (Å²) in [4.78, 5) is 9.99. The first-order valence-electron chi connectivity index (χ1n) is 14.6. The van der Waals surface area contributed by atoms with Crippen molar-refractivity contribution in [2.24, 2.45) is 12.5 Å². The molecule has 1 saturated heterocycles. The molecule has 242 valence electrons. The van der Waals surface area contributed by atoms with E-state index in [1.54, 1.807) is 18.3 Å². The first-order valence-corrected chi connectivity index (χ1v) is 16.1. The third-order valence-corrected chi connectivity index (χ3v) is 8.92. The van der Waals surface area contributed by atoms with Crippen LogP contribution in [0.2, 0.25) is 0 Å². The molecule has 0 saturated carbocycles. The van der Waals surface area contributed by atoms with Gasteiger partial charge in [0.2, 0.25) is 11.8 Å². The molecule has 45 heavy (non-hydrogen) atoms. The van der Waals surface area contributed by atoms with Gasteiger partial charge < -0.3 is 9.64 Å². The van der Waals surface area contributed by atoms with Crippen LogP contribution in [0.1, 0.15) is 57.1 Å². The topological polar surface area (TPSA) is 120 Å². The standard InChI is InChI=1S/C30H37F3N8O3S/c1-29(2,3)13-17-41-16-12-24(37-41)26-25(30(31,32)33)27(36-28(35-26)38-45(42,43)23-18-34-40(5)19-23)44-22-8-6-20(7-9-22)21-10-14-39(4)15-11-21/h6-9,12,16,18-19,21H,10-11,13-15,17H2,1-5H3,(H,35,36,38). The van der Waals surface area contributed by atoms with Gasteiger partial charge in [-0.15, -0.1) is 0 Å². The lowest BCUT2D eigenvalue weighted by Gasteiger charge is -2.29. The molecule has 15 heteroatoms. The lowest BCUT2D eigenvalue weighted by molar-refractivity contribution is -0.138. The Balaban J connectivity index is 1.55. The van der Waals surface area contributed by atoms with Crippen molar-refractivity contribution in [2.75, 3.05) is 24.9 Å². The van der Waals surface area contributed by atoms with E-state index in [1.807, 2.05) is 32.9 Å². The van der Waals surface area contributed by atoms with E-state index in [1.165, 1.54) is 28.7 Å². The van der Waals surface area contributed by atoms with Crippen molar-refractivity contribution in [1.29, 1.82) is 0 Å². The lowest BCUT2D eigenvalue weighted by Crippen LogP contribution is -2.29. The Morgan fingerprint density at radius 1 is 1.02 bits per heavy atom. The fourth-order valence-corrected chi connectivity index (χ4v) is 5.97. The second kappa shape index (κ2) is 12.4. The predicted molar refractivity (Wildman–Crippen MR) is 162 cm³/mol. The van der Waals surface area contributed by atoms with Crippen molar-refractivity contribution < 1.29 is 26.3 Å². The third-order valence-electron chi connectivity index (χ3n) is 7.64. The van der Waals surface area contributed by atoms with Gasteiger partial charge in [0.15, 0.2) is 0 Å². The van der Waals surface area contributed by atoms with Crippen LogP contribution in [0.5, 0.6) is 11.6 Å². The first-order chi connectivity index (χ1) is 21.1. The summed E-state index contributed by atoms with van der Waals surface area (Å²) >= 11 is 0. The van der Waals surface area contributed by atoms with E-state index < -0.39 is 39.3 Å². The molecular weight excluding hydrogens is 609 g/mol. The van der Waals surface area contributed by atoms with E-state index in [9.17, 15) is 21.6 Å². The van der Waals surface area contributed by atoms with Crippen LogP contribution < -0.4 is 9.46 Å². The highest BCUT2D eigenvalue weighted by Gasteiger charge is 2.41. The number of piperidine rings is 1. The Morgan fingerprint density at radius 2 is 1.71 bits per heavy atom. The van der Waals surface area contributed by atoms with Crippen LogP contribution in [-0.2, 0) is 29.8 Å². The third kappa shape index (κ3) is 8.00. The number of halogens is 3. The zero-order valence-corrected chi connectivity index (χ0v) is 26.7. The molecule has 5 rings (SSSR count). The van der Waals surface area contributed by atoms with Crippen molar-refractivity contribution in [1.82, 2.24) is 34.4 Å². The van der Waals surface area contributed by atoms with Gasteiger partial charge >= 0.3 is 6.18 Å². The van der Waals surface area contributed by atoms with Crippen LogP contribution in [0.4, 0.5) is 19.1 Å². The molecule has 4 aromatic rings. The Kier molecular flexibility index (Phi) is 8.95. The average Bonchev–Trinajstić information content (AvgIpc) is 3.61. The molecule has 1 aliphatic rings. The molecule has 0 radical (unpaired) electrons. The van der Waals surface area contributed by atoms with Crippen molar-refractivity contribution in [3.8, 4) is 23.0 Å². The van der Waals surface area contributed by atoms with Gasteiger partial charge in [-0.3, -0.25) is 9.36 Å². The lowest BCUT2D eigenvalue weighted by atomic mass is 9.90. The van der Waals surface area contributed by atoms with Gasteiger partial charge in [0.05, 0.1) is 6.20 Å². The second-order valence-electron chi connectivity index (χ2n) is 12.6. The summed E-state index contributed by atoms with van der Waals surface area (Å²) in [6.07, 6.45) is 1.63. The van der Waals surface area contributed by atoms with E-state index in [4.69, 9.17) is 4.74 Å². The number of hydrogen-bond donors (Lipinski definition) is 1. The fraction of sp³-hybridized carbons (Fsp3) is 0.467. The molecule has 11 nitrogen and oxygen atoms in total. The Morgan fingerprint density at radius 3 is 2.31 bits per heavy atom. The summed E-state index contributed by atoms with van der Waals surface area (Å²) in [6.45, 7) is 8.54. The number of sulfonamides is 1. The minimum Gasteiger partial charge on any atom is -0.438 e. The van der Waals surface area contributed by atoms with Crippen molar-refractivity contribution in [3.05, 3.63) is 60.0 Å². The average molecular weight is 647 g/mol. The van der Waals surface area contributed by atoms with Gasteiger partial charge in [0.1, 0.15) is 27.6 Å². The number of hydrogen-bond acceptors (Lipinski definition) is 8. The SMILES string of the molecule is CN1CCC(c2ccc(Oc3nc(NS(=O)(=O)c4cnn(C)c4)nc(-c4ccn(CCC(C)(C)C)n4)c3C(F)(F)F)cc2)CC1. The highest BCUT2D eigenvalue weighted by molar-refractivity contribution is 7.92. The molecule has 1 aliphatic heterocycles. The van der Waals surface area contributed by atoms with E-state index in [0.29, 0.717) is 12.5 Å². The number of rotatable bonds is 9. The largest absolute Gasteiger partial charge is 0.438 e. The summed E-state index contributed by atoms with van der Waals surface area (Å²) in [7, 11) is -0.690. The second-order valence-corrected chi connectivity index (χ2v) is 14.2. The molecule has 1 N–H and O–H groups in total. The minimum atomic E-state index is -4.96. The van der Waals surface area contributed by atoms with Crippen molar-refractivity contribution in [2.45, 2.75) is 63.6 Å². The van der Waals surface area contributed by atoms with E-state index in [-0.39, 0.29) is 21.8 Å². The summed E-state index contributed by atoms with van der Waals surface area (Å²) in [6, 6.07) is 8.26. The summed E-state index contributed by atoms with van der Waals surface area (Å²) in [5, 5.41) is 8.21. The number of nitrogens with zero attached hydrogens (tertiary/aromatic N) is 7. The highest BCUT2D eigenvalue weighted by Crippen LogP contribution is 2.43. The van der Waals surface area contributed by atoms with Gasteiger partial charge in [0.25, 0.3) is 10.0 Å². The molecule has 0 bridgehead atoms. The number of anilines is 1. The molecule has 0 amide bonds. The van der Waals surface area contributed by atoms with Gasteiger partial charge in [0, 0.05) is 26.0 Å². The fourth-order valence-electron chi connectivity index (χ4n) is 5.04. The molecule has 0 atom stereocenters. The van der Waals surface area contributed by atoms with Crippen molar-refractivity contribution in [3.63, 3.8) is 0 Å². The number of nitrogens with one attached hydrogen (secondary N) is 1. The van der Waals surface area contributed by atoms with Crippen LogP contribution >= 0.6 is 0 Å². The van der Waals surface area contributed by atoms with Crippen LogP contribution in [0.15, 0.2) is 53.8 Å². The maximum absolute atomic E-state index is 14.7. The number of alkyl halides is 3. The zero-order valence-electron chi connectivity index (χ0n) is 25.8. The van der Waals surface area contributed by atoms with Crippen LogP contribution in [0.25, 0.3) is 11.4 Å². The van der Waals surface area contributed by atoms with Crippen molar-refractivity contribution >= 4 is 16.0 Å². The molecular formula is C30H37F3N8O3S. The van der Waals surface area contributed by atoms with Gasteiger partial charge in [-0.2, -0.15) is 28.4 Å². The molecule has 1 aromatic carbocycles. The van der Waals surface area contributed by atoms with Crippen LogP contribution in [0, 0.1) is 5.41 Å². The van der Waals surface area contributed by atoms with E-state index >= 15 is 0 Å². The zero-order chi connectivity index (χ0) is 32.6. The Bertz CT molecular complexity index is 1740. The monoisotopic (exact) mass is 646 g/mol. The van der Waals surface area contributed by atoms with Crippen LogP contribution in [0.3, 0.4) is 0 Å². The molecule has 4 heterocycles. The normalized spacial score (nSPS) is 15.4. The number of aryl methyl sites for hydroxylation is 2. The maximum atomic E-state index is 14.7. The molecule has 0 unspecified atom stereocenters. The summed E-state index contributed by atoms with van der Waals surface area (Å²) in [5.74, 6) is -1.01. The smallest absolute Gasteiger partial charge is 0.423 e. The first kappa shape index (κ1) is 32.4. The van der Waals surface area contributed by atoms with Crippen LogP contribution in [-0.4, -0.2) is 63.0 Å². The van der Waals surface area contributed by atoms with Gasteiger partial charge in [-0.05, 0) is 74.5 Å². The Labute approximate surface area is 260 Å². The summed E-state index contributed by atoms with van der Waals surface area (Å²) in [5.41, 5.74) is -0.954. The maximum Gasteiger partial charge on any atom is 0.423 e. The number of aromatic nitrogens is 6. The molecule has 3 aromatic heterocycles. The van der Waals surface area contributed by atoms with Gasteiger partial charge in [-0.1, -0.05) is 32.9 Å². The quantitative estimate of drug-likeness (QED) is 0.238. The minimum absolute atomic E-state index is 0.0280. The summed E-state index contributed by atoms with van der Waals surface area (Å²) < 4.78 is 81.1. The highest BCUT2D eigenvalue weighted by atomic mass is 32.2. The van der Waals surface area contributed by atoms with E-state index in [2.05, 4.69) is 36.8 Å². The molecule has 1 fully saturated rings. The number of benzene rings is 1. The number of ether oxygens (including phenoxy) is 1. The Hall–Kier alpha value is -3.98. The van der Waals surface area contributed by atoms with E-state index in [0.717, 1.165) is 44.1 Å². The molecule has 0 aliphatic carbocycles. The predicted octanol–water partition coefficient (Wildman–Crippen LogP) is 5.93. The van der Waals surface area contributed by atoms with Gasteiger partial charge in [-0.25, -0.2) is 18.1 Å². The molecule has 0 spiro atoms.